The van der Waals surface area contributed by atoms with Crippen LogP contribution in [0.5, 0.6) is 0 Å². The van der Waals surface area contributed by atoms with E-state index >= 15 is 0 Å². The molecule has 0 fully saturated rings. The van der Waals surface area contributed by atoms with Crippen LogP contribution in [0.1, 0.15) is 84.9 Å². The van der Waals surface area contributed by atoms with Gasteiger partial charge in [0.15, 0.2) is 0 Å². The second kappa shape index (κ2) is 9.52. The Morgan fingerprint density at radius 2 is 1.87 bits per heavy atom. The largest absolute Gasteiger partial charge is 0.464 e. The highest BCUT2D eigenvalue weighted by molar-refractivity contribution is 7.19. The smallest absolute Gasteiger partial charge is 0.435 e. The molecule has 0 spiro atoms. The molecular formula is C29H42N4O4S. The predicted molar refractivity (Wildman–Crippen MR) is 152 cm³/mol. The summed E-state index contributed by atoms with van der Waals surface area (Å²) < 4.78 is 9.24. The van der Waals surface area contributed by atoms with Crippen molar-refractivity contribution in [3.05, 3.63) is 28.3 Å². The van der Waals surface area contributed by atoms with Crippen molar-refractivity contribution < 1.29 is 19.4 Å². The van der Waals surface area contributed by atoms with Crippen molar-refractivity contribution >= 4 is 33.7 Å². The van der Waals surface area contributed by atoms with Crippen LogP contribution in [-0.2, 0) is 24.1 Å². The van der Waals surface area contributed by atoms with Crippen LogP contribution >= 0.6 is 11.3 Å². The number of thiophene rings is 1. The van der Waals surface area contributed by atoms with E-state index < -0.39 is 17.8 Å². The van der Waals surface area contributed by atoms with E-state index in [4.69, 9.17) is 9.84 Å². The lowest BCUT2D eigenvalue weighted by atomic mass is 9.76. The standard InChI is InChI=1S/C29H42N4O4S/c1-17(27(2,3)4)31(10)16-18-13-20-23(38-18)14-21(32(20)25(34)35)24-19-11-12-29(8,9)15-22(19)33(30-24)26(36)37-28(5,6)7/h13-14,17H,11-12,15-16H2,1-10H3,(H,34,35). The first-order valence-electron chi connectivity index (χ1n) is 13.3. The van der Waals surface area contributed by atoms with Crippen molar-refractivity contribution in [3.8, 4) is 11.4 Å². The van der Waals surface area contributed by atoms with E-state index in [1.165, 1.54) is 9.25 Å². The number of ether oxygens (including phenoxy) is 1. The zero-order chi connectivity index (χ0) is 28.4. The van der Waals surface area contributed by atoms with Gasteiger partial charge >= 0.3 is 12.2 Å². The van der Waals surface area contributed by atoms with E-state index in [0.29, 0.717) is 29.4 Å². The highest BCUT2D eigenvalue weighted by atomic mass is 32.1. The number of carboxylic acid groups (broad SMARTS) is 1. The highest BCUT2D eigenvalue weighted by Crippen LogP contribution is 2.42. The average molecular weight is 543 g/mol. The van der Waals surface area contributed by atoms with Gasteiger partial charge in [0.25, 0.3) is 0 Å². The van der Waals surface area contributed by atoms with E-state index in [1.54, 1.807) is 11.3 Å². The predicted octanol–water partition coefficient (Wildman–Crippen LogP) is 7.26. The number of rotatable bonds is 4. The van der Waals surface area contributed by atoms with Gasteiger partial charge in [-0.25, -0.2) is 14.2 Å². The minimum Gasteiger partial charge on any atom is -0.464 e. The summed E-state index contributed by atoms with van der Waals surface area (Å²) in [5.74, 6) is 0. The maximum absolute atomic E-state index is 13.2. The van der Waals surface area contributed by atoms with Gasteiger partial charge in [-0.2, -0.15) is 9.78 Å². The van der Waals surface area contributed by atoms with Crippen LogP contribution in [0.25, 0.3) is 21.6 Å². The number of fused-ring (bicyclic) bond motifs is 2. The molecule has 3 aromatic rings. The molecule has 0 bridgehead atoms. The van der Waals surface area contributed by atoms with Crippen molar-refractivity contribution in [2.45, 2.75) is 99.8 Å². The molecule has 3 aromatic heterocycles. The summed E-state index contributed by atoms with van der Waals surface area (Å²) in [5.41, 5.74) is 2.92. The van der Waals surface area contributed by atoms with Gasteiger partial charge in [-0.3, -0.25) is 4.90 Å². The monoisotopic (exact) mass is 542 g/mol. The van der Waals surface area contributed by atoms with Crippen LogP contribution in [0, 0.1) is 10.8 Å². The van der Waals surface area contributed by atoms with E-state index in [1.807, 2.05) is 32.9 Å². The molecule has 208 valence electrons. The molecule has 38 heavy (non-hydrogen) atoms. The molecule has 9 heteroatoms. The summed E-state index contributed by atoms with van der Waals surface area (Å²) in [6, 6.07) is 4.24. The van der Waals surface area contributed by atoms with E-state index in [9.17, 15) is 14.7 Å². The Balaban J connectivity index is 1.79. The Morgan fingerprint density at radius 1 is 1.21 bits per heavy atom. The van der Waals surface area contributed by atoms with Gasteiger partial charge in [0.2, 0.25) is 0 Å². The fourth-order valence-electron chi connectivity index (χ4n) is 5.14. The number of nitrogens with zero attached hydrogens (tertiary/aromatic N) is 4. The Labute approximate surface area is 229 Å². The number of hydrogen-bond acceptors (Lipinski definition) is 6. The van der Waals surface area contributed by atoms with Crippen LogP contribution in [0.3, 0.4) is 0 Å². The van der Waals surface area contributed by atoms with Crippen molar-refractivity contribution in [2.24, 2.45) is 10.8 Å². The number of hydrogen-bond donors (Lipinski definition) is 1. The lowest BCUT2D eigenvalue weighted by molar-refractivity contribution is 0.0506. The third-order valence-corrected chi connectivity index (χ3v) is 8.70. The fraction of sp³-hybridized carbons (Fsp3) is 0.621. The first kappa shape index (κ1) is 28.4. The Kier molecular flexibility index (Phi) is 7.10. The molecule has 0 saturated heterocycles. The zero-order valence-electron chi connectivity index (χ0n) is 24.4. The lowest BCUT2D eigenvalue weighted by Crippen LogP contribution is -2.38. The van der Waals surface area contributed by atoms with E-state index in [2.05, 4.69) is 53.5 Å². The average Bonchev–Trinajstić information content (AvgIpc) is 3.39. The molecule has 1 aliphatic rings. The third-order valence-electron chi connectivity index (χ3n) is 7.65. The number of aromatic nitrogens is 3. The minimum atomic E-state index is -1.06. The van der Waals surface area contributed by atoms with Crippen LogP contribution < -0.4 is 0 Å². The molecule has 3 heterocycles. The summed E-state index contributed by atoms with van der Waals surface area (Å²) in [7, 11) is 2.11. The molecule has 0 saturated carbocycles. The molecule has 1 aliphatic carbocycles. The molecule has 0 aliphatic heterocycles. The van der Waals surface area contributed by atoms with Crippen molar-refractivity contribution in [1.82, 2.24) is 19.2 Å². The summed E-state index contributed by atoms with van der Waals surface area (Å²) in [4.78, 5) is 29.1. The topological polar surface area (TPSA) is 89.6 Å². The maximum atomic E-state index is 13.2. The molecule has 1 N–H and O–H groups in total. The SMILES string of the molecule is CC(N(C)Cc1cc2c(cc(-c3nn(C(=O)OC(C)(C)C)c4c3CCC(C)(C)C4)n2C(=O)O)s1)C(C)(C)C. The first-order valence-corrected chi connectivity index (χ1v) is 14.1. The van der Waals surface area contributed by atoms with Gasteiger partial charge in [-0.1, -0.05) is 34.6 Å². The van der Waals surface area contributed by atoms with Gasteiger partial charge in [-0.05, 0) is 77.0 Å². The fourth-order valence-corrected chi connectivity index (χ4v) is 6.29. The normalized spacial score (nSPS) is 16.6. The van der Waals surface area contributed by atoms with E-state index in [-0.39, 0.29) is 10.8 Å². The Morgan fingerprint density at radius 3 is 2.45 bits per heavy atom. The van der Waals surface area contributed by atoms with Gasteiger partial charge in [-0.15, -0.1) is 11.3 Å². The summed E-state index contributed by atoms with van der Waals surface area (Å²) in [6.07, 6.45) is 0.717. The second-order valence-corrected chi connectivity index (χ2v) is 14.7. The second-order valence-electron chi connectivity index (χ2n) is 13.6. The molecular weight excluding hydrogens is 500 g/mol. The quantitative estimate of drug-likeness (QED) is 0.373. The van der Waals surface area contributed by atoms with Crippen LogP contribution in [0.2, 0.25) is 0 Å². The molecule has 1 unspecified atom stereocenters. The Hall–Kier alpha value is -2.65. The van der Waals surface area contributed by atoms with Crippen LogP contribution in [0.4, 0.5) is 9.59 Å². The number of carbonyl (C=O) groups is 2. The minimum absolute atomic E-state index is 0.00429. The van der Waals surface area contributed by atoms with Crippen molar-refractivity contribution in [1.29, 1.82) is 0 Å². The lowest BCUT2D eigenvalue weighted by Gasteiger charge is -2.35. The molecule has 0 aromatic carbocycles. The molecule has 4 rings (SSSR count). The molecule has 0 amide bonds. The summed E-state index contributed by atoms with van der Waals surface area (Å²) in [5, 5.41) is 15.0. The third kappa shape index (κ3) is 5.54. The van der Waals surface area contributed by atoms with Gasteiger partial charge < -0.3 is 9.84 Å². The number of carbonyl (C=O) groups excluding carboxylic acids is 1. The first-order chi connectivity index (χ1) is 17.4. The van der Waals surface area contributed by atoms with Gasteiger partial charge in [0, 0.05) is 23.0 Å². The van der Waals surface area contributed by atoms with Gasteiger partial charge in [0.05, 0.1) is 21.6 Å². The molecule has 0 radical (unpaired) electrons. The highest BCUT2D eigenvalue weighted by Gasteiger charge is 2.36. The molecule has 8 nitrogen and oxygen atoms in total. The maximum Gasteiger partial charge on any atom is 0.435 e. The molecule has 1 atom stereocenters. The van der Waals surface area contributed by atoms with Crippen LogP contribution in [0.15, 0.2) is 12.1 Å². The van der Waals surface area contributed by atoms with Crippen LogP contribution in [-0.4, -0.2) is 55.2 Å². The van der Waals surface area contributed by atoms with Crippen molar-refractivity contribution in [2.75, 3.05) is 7.05 Å². The summed E-state index contributed by atoms with van der Waals surface area (Å²) in [6.45, 7) is 19.5. The summed E-state index contributed by atoms with van der Waals surface area (Å²) >= 11 is 1.61. The zero-order valence-corrected chi connectivity index (χ0v) is 25.2. The van der Waals surface area contributed by atoms with Crippen molar-refractivity contribution in [3.63, 3.8) is 0 Å². The van der Waals surface area contributed by atoms with Gasteiger partial charge in [0.1, 0.15) is 11.3 Å². The Bertz CT molecular complexity index is 1380. The van der Waals surface area contributed by atoms with E-state index in [0.717, 1.165) is 40.2 Å².